The number of hydrogen-bond donors (Lipinski definition) is 3. The van der Waals surface area contributed by atoms with Gasteiger partial charge in [-0.05, 0) is 81.6 Å². The molecule has 3 aromatic rings. The quantitative estimate of drug-likeness (QED) is 0.331. The molecule has 0 spiro atoms. The molecule has 2 aromatic carbocycles. The van der Waals surface area contributed by atoms with Crippen molar-refractivity contribution in [2.24, 2.45) is 0 Å². The van der Waals surface area contributed by atoms with Crippen LogP contribution < -0.4 is 11.1 Å². The number of halogens is 2. The van der Waals surface area contributed by atoms with Crippen LogP contribution in [0.5, 0.6) is 5.75 Å². The maximum absolute atomic E-state index is 12.4. The first-order chi connectivity index (χ1) is 11.4. The molecule has 0 saturated carbocycles. The summed E-state index contributed by atoms with van der Waals surface area (Å²) in [6.45, 7) is 0. The highest BCUT2D eigenvalue weighted by Gasteiger charge is 2.17. The van der Waals surface area contributed by atoms with Gasteiger partial charge in [-0.2, -0.15) is 0 Å². The number of rotatable bonds is 3. The number of nitrogens with one attached hydrogen (secondary N) is 1. The Morgan fingerprint density at radius 3 is 2.58 bits per heavy atom. The van der Waals surface area contributed by atoms with E-state index in [1.807, 2.05) is 34.7 Å². The van der Waals surface area contributed by atoms with E-state index in [0.717, 1.165) is 9.13 Å². The summed E-state index contributed by atoms with van der Waals surface area (Å²) >= 11 is 5.33. The van der Waals surface area contributed by atoms with Gasteiger partial charge in [-0.25, -0.2) is 0 Å². The van der Waals surface area contributed by atoms with Gasteiger partial charge in [0, 0.05) is 14.8 Å². The molecule has 0 aliphatic heterocycles. The van der Waals surface area contributed by atoms with E-state index in [0.29, 0.717) is 19.4 Å². The summed E-state index contributed by atoms with van der Waals surface area (Å²) in [5.74, 6) is -0.472. The van der Waals surface area contributed by atoms with Gasteiger partial charge in [0.1, 0.15) is 10.8 Å². The smallest absolute Gasteiger partial charge is 0.261 e. The summed E-state index contributed by atoms with van der Waals surface area (Å²) in [5.41, 5.74) is 7.40. The Kier molecular flexibility index (Phi) is 5.20. The number of nitrogens with two attached hydrogens (primary N) is 1. The molecule has 0 unspecified atom stereocenters. The van der Waals surface area contributed by atoms with Crippen LogP contribution in [0.4, 0.5) is 10.8 Å². The SMILES string of the molecule is Nc1ccc(-c2nnc(NC(=O)c3cc(I)cc(I)c3O)s2)cc1. The van der Waals surface area contributed by atoms with Crippen LogP contribution >= 0.6 is 56.5 Å². The fraction of sp³-hybridized carbons (Fsp3) is 0. The standard InChI is InChI=1S/C15H10I2N4O2S/c16-8-5-10(12(22)11(17)6-8)13(23)19-15-21-20-14(24-15)7-1-3-9(18)4-2-7/h1-6,22H,18H2,(H,19,21,23). The maximum atomic E-state index is 12.4. The van der Waals surface area contributed by atoms with E-state index in [-0.39, 0.29) is 11.3 Å². The second-order valence-corrected chi connectivity index (χ2v) is 8.16. The maximum Gasteiger partial charge on any atom is 0.261 e. The van der Waals surface area contributed by atoms with Crippen LogP contribution in [0, 0.1) is 7.14 Å². The molecule has 0 atom stereocenters. The molecule has 122 valence electrons. The number of aromatic nitrogens is 2. The number of aromatic hydroxyl groups is 1. The van der Waals surface area contributed by atoms with Crippen molar-refractivity contribution in [2.75, 3.05) is 11.1 Å². The van der Waals surface area contributed by atoms with Crippen molar-refractivity contribution in [2.45, 2.75) is 0 Å². The zero-order valence-electron chi connectivity index (χ0n) is 12.0. The molecule has 1 amide bonds. The summed E-state index contributed by atoms with van der Waals surface area (Å²) in [5, 5.41) is 21.8. The van der Waals surface area contributed by atoms with Crippen LogP contribution in [-0.2, 0) is 0 Å². The van der Waals surface area contributed by atoms with E-state index in [9.17, 15) is 9.90 Å². The average molecular weight is 564 g/mol. The first kappa shape index (κ1) is 17.4. The van der Waals surface area contributed by atoms with Crippen molar-refractivity contribution in [1.29, 1.82) is 0 Å². The largest absolute Gasteiger partial charge is 0.506 e. The highest BCUT2D eigenvalue weighted by atomic mass is 127. The zero-order chi connectivity index (χ0) is 17.3. The van der Waals surface area contributed by atoms with E-state index >= 15 is 0 Å². The molecule has 1 aromatic heterocycles. The first-order valence-corrected chi connectivity index (χ1v) is 9.60. The van der Waals surface area contributed by atoms with Gasteiger partial charge < -0.3 is 10.8 Å². The Bertz CT molecular complexity index is 912. The summed E-state index contributed by atoms with van der Waals surface area (Å²) in [6, 6.07) is 10.7. The number of nitrogens with zero attached hydrogens (tertiary/aromatic N) is 2. The van der Waals surface area contributed by atoms with E-state index in [1.165, 1.54) is 11.3 Å². The van der Waals surface area contributed by atoms with Crippen molar-refractivity contribution in [3.8, 4) is 16.3 Å². The van der Waals surface area contributed by atoms with Crippen LogP contribution in [0.15, 0.2) is 36.4 Å². The third-order valence-electron chi connectivity index (χ3n) is 3.08. The molecule has 9 heteroatoms. The molecule has 0 radical (unpaired) electrons. The second-order valence-electron chi connectivity index (χ2n) is 4.77. The van der Waals surface area contributed by atoms with Gasteiger partial charge >= 0.3 is 0 Å². The minimum absolute atomic E-state index is 0.0446. The molecule has 1 heterocycles. The average Bonchev–Trinajstić information content (AvgIpc) is 3.00. The zero-order valence-corrected chi connectivity index (χ0v) is 17.1. The fourth-order valence-corrected chi connectivity index (χ4v) is 4.51. The van der Waals surface area contributed by atoms with Crippen molar-refractivity contribution in [3.63, 3.8) is 0 Å². The van der Waals surface area contributed by atoms with Crippen LogP contribution in [0.2, 0.25) is 0 Å². The van der Waals surface area contributed by atoms with Crippen LogP contribution in [0.1, 0.15) is 10.4 Å². The first-order valence-electron chi connectivity index (χ1n) is 6.63. The Labute approximate surface area is 168 Å². The lowest BCUT2D eigenvalue weighted by Gasteiger charge is -2.06. The fourth-order valence-electron chi connectivity index (χ4n) is 1.92. The molecule has 0 aliphatic rings. The topological polar surface area (TPSA) is 101 Å². The van der Waals surface area contributed by atoms with Crippen molar-refractivity contribution >= 4 is 73.2 Å². The molecule has 0 saturated heterocycles. The number of amides is 1. The molecule has 24 heavy (non-hydrogen) atoms. The predicted octanol–water partition coefficient (Wildman–Crippen LogP) is 3.95. The lowest BCUT2D eigenvalue weighted by atomic mass is 10.2. The molecule has 4 N–H and O–H groups in total. The van der Waals surface area contributed by atoms with Gasteiger partial charge in [-0.1, -0.05) is 11.3 Å². The molecule has 6 nitrogen and oxygen atoms in total. The lowest BCUT2D eigenvalue weighted by Crippen LogP contribution is -2.12. The summed E-state index contributed by atoms with van der Waals surface area (Å²) in [4.78, 5) is 12.4. The Hall–Kier alpha value is -1.47. The van der Waals surface area contributed by atoms with Crippen LogP contribution in [0.25, 0.3) is 10.6 Å². The molecular weight excluding hydrogens is 554 g/mol. The van der Waals surface area contributed by atoms with Gasteiger partial charge in [0.15, 0.2) is 0 Å². The van der Waals surface area contributed by atoms with E-state index in [2.05, 4.69) is 38.1 Å². The van der Waals surface area contributed by atoms with E-state index in [1.54, 1.807) is 24.3 Å². The van der Waals surface area contributed by atoms with Crippen molar-refractivity contribution < 1.29 is 9.90 Å². The van der Waals surface area contributed by atoms with E-state index < -0.39 is 5.91 Å². The van der Waals surface area contributed by atoms with Crippen molar-refractivity contribution in [1.82, 2.24) is 10.2 Å². The van der Waals surface area contributed by atoms with Crippen LogP contribution in [-0.4, -0.2) is 21.2 Å². The third-order valence-corrected chi connectivity index (χ3v) is 5.41. The molecule has 0 bridgehead atoms. The summed E-state index contributed by atoms with van der Waals surface area (Å²) in [6.07, 6.45) is 0. The molecule has 0 fully saturated rings. The Balaban J connectivity index is 1.82. The minimum Gasteiger partial charge on any atom is -0.506 e. The van der Waals surface area contributed by atoms with Crippen LogP contribution in [0.3, 0.4) is 0 Å². The number of phenolic OH excluding ortho intramolecular Hbond substituents is 1. The highest BCUT2D eigenvalue weighted by Crippen LogP contribution is 2.30. The van der Waals surface area contributed by atoms with E-state index in [4.69, 9.17) is 5.73 Å². The highest BCUT2D eigenvalue weighted by molar-refractivity contribution is 14.1. The number of carbonyl (C=O) groups is 1. The molecule has 3 rings (SSSR count). The second kappa shape index (κ2) is 7.19. The molecular formula is C15H10I2N4O2S. The lowest BCUT2D eigenvalue weighted by molar-refractivity contribution is 0.102. The minimum atomic E-state index is -0.427. The number of nitrogen functional groups attached to an aromatic ring is 1. The number of anilines is 2. The molecule has 0 aliphatic carbocycles. The monoisotopic (exact) mass is 564 g/mol. The predicted molar refractivity (Wildman–Crippen MR) is 111 cm³/mol. The van der Waals surface area contributed by atoms with Gasteiger partial charge in [-0.3, -0.25) is 10.1 Å². The normalized spacial score (nSPS) is 10.6. The third kappa shape index (κ3) is 3.78. The van der Waals surface area contributed by atoms with Gasteiger partial charge in [-0.15, -0.1) is 10.2 Å². The number of benzene rings is 2. The van der Waals surface area contributed by atoms with Gasteiger partial charge in [0.2, 0.25) is 5.13 Å². The van der Waals surface area contributed by atoms with Gasteiger partial charge in [0.05, 0.1) is 9.13 Å². The summed E-state index contributed by atoms with van der Waals surface area (Å²) in [7, 11) is 0. The Morgan fingerprint density at radius 1 is 1.17 bits per heavy atom. The Morgan fingerprint density at radius 2 is 1.88 bits per heavy atom. The summed E-state index contributed by atoms with van der Waals surface area (Å²) < 4.78 is 1.48. The van der Waals surface area contributed by atoms with Crippen molar-refractivity contribution in [3.05, 3.63) is 49.1 Å². The number of hydrogen-bond acceptors (Lipinski definition) is 6. The van der Waals surface area contributed by atoms with Gasteiger partial charge in [0.25, 0.3) is 5.91 Å². The number of carbonyl (C=O) groups excluding carboxylic acids is 1. The number of phenols is 1.